The molecule has 0 aliphatic heterocycles. The molecule has 0 aromatic heterocycles. The molecule has 0 bridgehead atoms. The van der Waals surface area contributed by atoms with Crippen molar-refractivity contribution in [3.05, 3.63) is 57.8 Å². The van der Waals surface area contributed by atoms with Gasteiger partial charge in [-0.3, -0.25) is 0 Å². The minimum atomic E-state index is -3.58. The number of nitrogens with two attached hydrogens (primary N) is 1. The molecule has 0 saturated heterocycles. The highest BCUT2D eigenvalue weighted by Gasteiger charge is 2.20. The van der Waals surface area contributed by atoms with E-state index in [-0.39, 0.29) is 15.1 Å². The molecule has 6 heteroatoms. The van der Waals surface area contributed by atoms with Crippen molar-refractivity contribution >= 4 is 31.5 Å². The van der Waals surface area contributed by atoms with Crippen LogP contribution in [0.15, 0.2) is 45.8 Å². The van der Waals surface area contributed by atoms with E-state index in [1.807, 2.05) is 0 Å². The van der Waals surface area contributed by atoms with Crippen LogP contribution >= 0.6 is 15.9 Å². The van der Waals surface area contributed by atoms with Crippen LogP contribution in [0.4, 0.5) is 10.1 Å². The molecule has 0 fully saturated rings. The summed E-state index contributed by atoms with van der Waals surface area (Å²) in [6, 6.07) is 9.06. The summed E-state index contributed by atoms with van der Waals surface area (Å²) in [4.78, 5) is 0.175. The van der Waals surface area contributed by atoms with E-state index < -0.39 is 15.7 Å². The fraction of sp³-hybridized carbons (Fsp3) is 0.143. The number of nitrogen functional groups attached to an aromatic ring is 1. The van der Waals surface area contributed by atoms with Crippen LogP contribution in [0, 0.1) is 12.7 Å². The second-order valence-electron chi connectivity index (χ2n) is 4.50. The molecule has 3 nitrogen and oxygen atoms in total. The van der Waals surface area contributed by atoms with Crippen LogP contribution in [0.1, 0.15) is 11.1 Å². The summed E-state index contributed by atoms with van der Waals surface area (Å²) < 4.78 is 38.5. The molecule has 0 saturated carbocycles. The number of benzene rings is 2. The lowest BCUT2D eigenvalue weighted by atomic mass is 10.2. The predicted octanol–water partition coefficient (Wildman–Crippen LogP) is 3.45. The highest BCUT2D eigenvalue weighted by molar-refractivity contribution is 9.10. The van der Waals surface area contributed by atoms with Crippen LogP contribution in [-0.4, -0.2) is 8.42 Å². The molecule has 0 atom stereocenters. The van der Waals surface area contributed by atoms with E-state index >= 15 is 0 Å². The van der Waals surface area contributed by atoms with Gasteiger partial charge < -0.3 is 5.73 Å². The molecule has 2 rings (SSSR count). The number of hydrogen-bond donors (Lipinski definition) is 1. The predicted molar refractivity (Wildman–Crippen MR) is 80.6 cm³/mol. The molecule has 2 aromatic carbocycles. The molecule has 0 unspecified atom stereocenters. The topological polar surface area (TPSA) is 60.2 Å². The van der Waals surface area contributed by atoms with Gasteiger partial charge in [0.15, 0.2) is 9.84 Å². The number of aryl methyl sites for hydroxylation is 1. The highest BCUT2D eigenvalue weighted by atomic mass is 79.9. The van der Waals surface area contributed by atoms with Crippen LogP contribution in [0.5, 0.6) is 0 Å². The van der Waals surface area contributed by atoms with Crippen molar-refractivity contribution in [2.75, 3.05) is 5.73 Å². The van der Waals surface area contributed by atoms with Gasteiger partial charge in [-0.25, -0.2) is 12.8 Å². The summed E-state index contributed by atoms with van der Waals surface area (Å²) in [6.07, 6.45) is 0. The van der Waals surface area contributed by atoms with Gasteiger partial charge in [0.25, 0.3) is 0 Å². The Morgan fingerprint density at radius 2 is 1.95 bits per heavy atom. The number of rotatable bonds is 3. The maximum atomic E-state index is 13.4. The Balaban J connectivity index is 2.46. The van der Waals surface area contributed by atoms with E-state index in [4.69, 9.17) is 5.73 Å². The Labute approximate surface area is 125 Å². The summed E-state index contributed by atoms with van der Waals surface area (Å²) in [5.41, 5.74) is 7.02. The van der Waals surface area contributed by atoms with Gasteiger partial charge in [0.1, 0.15) is 5.82 Å². The van der Waals surface area contributed by atoms with Gasteiger partial charge in [0.2, 0.25) is 0 Å². The monoisotopic (exact) mass is 357 g/mol. The summed E-state index contributed by atoms with van der Waals surface area (Å²) >= 11 is 3.07. The zero-order valence-corrected chi connectivity index (χ0v) is 13.1. The van der Waals surface area contributed by atoms with Crippen molar-refractivity contribution in [3.63, 3.8) is 0 Å². The van der Waals surface area contributed by atoms with Gasteiger partial charge in [-0.15, -0.1) is 0 Å². The minimum absolute atomic E-state index is 0.171. The Bertz CT molecular complexity index is 760. The van der Waals surface area contributed by atoms with E-state index in [1.54, 1.807) is 25.1 Å². The highest BCUT2D eigenvalue weighted by Crippen LogP contribution is 2.27. The first-order valence-corrected chi connectivity index (χ1v) is 8.27. The van der Waals surface area contributed by atoms with Crippen molar-refractivity contribution in [1.29, 1.82) is 0 Å². The molecular formula is C14H13BrFNO2S. The second-order valence-corrected chi connectivity index (χ2v) is 7.25. The van der Waals surface area contributed by atoms with E-state index in [0.717, 1.165) is 0 Å². The lowest BCUT2D eigenvalue weighted by Crippen LogP contribution is -2.08. The van der Waals surface area contributed by atoms with Gasteiger partial charge >= 0.3 is 0 Å². The van der Waals surface area contributed by atoms with Gasteiger partial charge in [-0.05, 0) is 52.2 Å². The second kappa shape index (κ2) is 5.54. The Hall–Kier alpha value is -1.40. The quantitative estimate of drug-likeness (QED) is 0.855. The van der Waals surface area contributed by atoms with E-state index in [9.17, 15) is 12.8 Å². The van der Waals surface area contributed by atoms with Crippen LogP contribution in [-0.2, 0) is 15.6 Å². The molecular weight excluding hydrogens is 345 g/mol. The van der Waals surface area contributed by atoms with Crippen LogP contribution in [0.2, 0.25) is 0 Å². The molecule has 2 N–H and O–H groups in total. The van der Waals surface area contributed by atoms with Crippen molar-refractivity contribution < 1.29 is 12.8 Å². The Morgan fingerprint density at radius 1 is 1.25 bits per heavy atom. The number of hydrogen-bond acceptors (Lipinski definition) is 3. The normalized spacial score (nSPS) is 11.6. The summed E-state index contributed by atoms with van der Waals surface area (Å²) in [7, 11) is -3.58. The lowest BCUT2D eigenvalue weighted by molar-refractivity contribution is 0.593. The summed E-state index contributed by atoms with van der Waals surface area (Å²) in [6.45, 7) is 1.70. The third-order valence-electron chi connectivity index (χ3n) is 2.92. The molecule has 0 spiro atoms. The zero-order chi connectivity index (χ0) is 14.9. The van der Waals surface area contributed by atoms with Crippen molar-refractivity contribution in [2.24, 2.45) is 0 Å². The molecule has 0 heterocycles. The maximum Gasteiger partial charge on any atom is 0.182 e. The maximum absolute atomic E-state index is 13.4. The van der Waals surface area contributed by atoms with Crippen molar-refractivity contribution in [3.8, 4) is 0 Å². The minimum Gasteiger partial charge on any atom is -0.399 e. The number of anilines is 1. The smallest absolute Gasteiger partial charge is 0.182 e. The van der Waals surface area contributed by atoms with Gasteiger partial charge in [-0.1, -0.05) is 18.2 Å². The van der Waals surface area contributed by atoms with E-state index in [2.05, 4.69) is 15.9 Å². The fourth-order valence-electron chi connectivity index (χ4n) is 1.89. The van der Waals surface area contributed by atoms with Gasteiger partial charge in [-0.2, -0.15) is 0 Å². The standard InChI is InChI=1S/C14H13BrFNO2S/c1-9-5-6-11(17)7-13(9)20(18,19)8-10-3-2-4-12(16)14(10)15/h2-7H,8,17H2,1H3. The molecule has 0 aliphatic carbocycles. The number of sulfone groups is 1. The first-order valence-electron chi connectivity index (χ1n) is 5.83. The molecule has 20 heavy (non-hydrogen) atoms. The molecule has 0 amide bonds. The van der Waals surface area contributed by atoms with Gasteiger partial charge in [0, 0.05) is 5.69 Å². The summed E-state index contributed by atoms with van der Waals surface area (Å²) in [5.74, 6) is -0.766. The van der Waals surface area contributed by atoms with Crippen LogP contribution in [0.3, 0.4) is 0 Å². The van der Waals surface area contributed by atoms with Crippen molar-refractivity contribution in [2.45, 2.75) is 17.6 Å². The summed E-state index contributed by atoms with van der Waals surface area (Å²) in [5, 5.41) is 0. The number of halogens is 2. The average Bonchev–Trinajstić information content (AvgIpc) is 2.37. The van der Waals surface area contributed by atoms with E-state index in [0.29, 0.717) is 16.8 Å². The van der Waals surface area contributed by atoms with Crippen molar-refractivity contribution in [1.82, 2.24) is 0 Å². The largest absolute Gasteiger partial charge is 0.399 e. The Morgan fingerprint density at radius 3 is 2.65 bits per heavy atom. The molecule has 2 aromatic rings. The molecule has 106 valence electrons. The third-order valence-corrected chi connectivity index (χ3v) is 5.61. The average molecular weight is 358 g/mol. The Kier molecular flexibility index (Phi) is 4.15. The first-order chi connectivity index (χ1) is 9.31. The van der Waals surface area contributed by atoms with Crippen LogP contribution in [0.25, 0.3) is 0 Å². The third kappa shape index (κ3) is 3.02. The lowest BCUT2D eigenvalue weighted by Gasteiger charge is -2.10. The fourth-order valence-corrected chi connectivity index (χ4v) is 4.16. The first kappa shape index (κ1) is 15.0. The SMILES string of the molecule is Cc1ccc(N)cc1S(=O)(=O)Cc1cccc(F)c1Br. The van der Waals surface area contributed by atoms with Gasteiger partial charge in [0.05, 0.1) is 15.1 Å². The van der Waals surface area contributed by atoms with Crippen LogP contribution < -0.4 is 5.73 Å². The molecule has 0 aliphatic rings. The van der Waals surface area contributed by atoms with E-state index in [1.165, 1.54) is 18.2 Å². The molecule has 0 radical (unpaired) electrons. The zero-order valence-electron chi connectivity index (χ0n) is 10.7.